The Morgan fingerprint density at radius 2 is 0.833 bits per heavy atom. The van der Waals surface area contributed by atoms with Crippen molar-refractivity contribution in [3.8, 4) is 0 Å². The third kappa shape index (κ3) is 3.55. The molecule has 0 N–H and O–H groups in total. The fraction of sp³-hybridized carbons (Fsp3) is 0.0769. The number of fused-ring (bicyclic) bond motifs is 1. The summed E-state index contributed by atoms with van der Waals surface area (Å²) in [6, 6.07) is 30.1. The zero-order chi connectivity index (χ0) is 21.1. The molecule has 148 valence electrons. The smallest absolute Gasteiger partial charge is 0.258 e. The number of amides is 2. The van der Waals surface area contributed by atoms with Gasteiger partial charge in [-0.3, -0.25) is 9.59 Å². The molecule has 0 saturated heterocycles. The highest BCUT2D eigenvalue weighted by atomic mass is 16.2. The van der Waals surface area contributed by atoms with Crippen LogP contribution < -0.4 is 9.80 Å². The number of carbonyl (C=O) groups is 2. The molecule has 0 fully saturated rings. The Morgan fingerprint density at radius 3 is 1.20 bits per heavy atom. The van der Waals surface area contributed by atoms with Crippen molar-refractivity contribution in [3.05, 3.63) is 108 Å². The van der Waals surface area contributed by atoms with Crippen molar-refractivity contribution in [2.24, 2.45) is 0 Å². The summed E-state index contributed by atoms with van der Waals surface area (Å²) in [6.07, 6.45) is 0. The first kappa shape index (κ1) is 19.4. The number of para-hydroxylation sites is 2. The summed E-state index contributed by atoms with van der Waals surface area (Å²) in [5, 5.41) is 1.52. The van der Waals surface area contributed by atoms with Crippen LogP contribution in [0.15, 0.2) is 97.1 Å². The molecular weight excluding hydrogens is 372 g/mol. The number of anilines is 2. The van der Waals surface area contributed by atoms with Crippen molar-refractivity contribution in [1.82, 2.24) is 0 Å². The maximum atomic E-state index is 13.2. The summed E-state index contributed by atoms with van der Waals surface area (Å²) in [6.45, 7) is 0. The molecule has 0 atom stereocenters. The molecule has 0 saturated carbocycles. The van der Waals surface area contributed by atoms with E-state index < -0.39 is 0 Å². The van der Waals surface area contributed by atoms with E-state index in [9.17, 15) is 9.59 Å². The quantitative estimate of drug-likeness (QED) is 0.465. The summed E-state index contributed by atoms with van der Waals surface area (Å²) < 4.78 is 0. The Morgan fingerprint density at radius 1 is 0.500 bits per heavy atom. The van der Waals surface area contributed by atoms with Gasteiger partial charge >= 0.3 is 0 Å². The van der Waals surface area contributed by atoms with E-state index in [1.54, 1.807) is 36.0 Å². The van der Waals surface area contributed by atoms with Gasteiger partial charge in [0, 0.05) is 36.6 Å². The number of benzene rings is 4. The molecule has 2 amide bonds. The van der Waals surface area contributed by atoms with Crippen LogP contribution in [-0.4, -0.2) is 25.9 Å². The van der Waals surface area contributed by atoms with Gasteiger partial charge in [-0.2, -0.15) is 0 Å². The number of hydrogen-bond acceptors (Lipinski definition) is 2. The molecule has 0 aliphatic rings. The second-order valence-corrected chi connectivity index (χ2v) is 7.11. The fourth-order valence-corrected chi connectivity index (χ4v) is 3.57. The molecule has 4 aromatic rings. The summed E-state index contributed by atoms with van der Waals surface area (Å²) in [5.41, 5.74) is 2.76. The van der Waals surface area contributed by atoms with E-state index in [0.29, 0.717) is 11.1 Å². The van der Waals surface area contributed by atoms with Crippen LogP contribution in [0.4, 0.5) is 11.4 Å². The molecule has 4 nitrogen and oxygen atoms in total. The first-order valence-corrected chi connectivity index (χ1v) is 9.76. The highest BCUT2D eigenvalue weighted by molar-refractivity contribution is 6.20. The number of hydrogen-bond donors (Lipinski definition) is 0. The van der Waals surface area contributed by atoms with Gasteiger partial charge in [0.05, 0.1) is 0 Å². The summed E-state index contributed by atoms with van der Waals surface area (Å²) in [7, 11) is 3.52. The van der Waals surface area contributed by atoms with Crippen molar-refractivity contribution >= 4 is 34.0 Å². The SMILES string of the molecule is CN(C(=O)c1ccc(C(=O)N(C)c2ccccc2)c2ccccc12)c1ccccc1. The fourth-order valence-electron chi connectivity index (χ4n) is 3.57. The summed E-state index contributed by atoms with van der Waals surface area (Å²) >= 11 is 0. The lowest BCUT2D eigenvalue weighted by Gasteiger charge is -2.21. The monoisotopic (exact) mass is 394 g/mol. The predicted octanol–water partition coefficient (Wildman–Crippen LogP) is 5.39. The van der Waals surface area contributed by atoms with E-state index in [1.807, 2.05) is 84.9 Å². The highest BCUT2D eigenvalue weighted by Gasteiger charge is 2.21. The molecule has 0 radical (unpaired) electrons. The third-order valence-corrected chi connectivity index (χ3v) is 5.28. The van der Waals surface area contributed by atoms with Crippen molar-refractivity contribution in [2.45, 2.75) is 0 Å². The Bertz CT molecular complexity index is 1110. The topological polar surface area (TPSA) is 40.6 Å². The van der Waals surface area contributed by atoms with Gasteiger partial charge in [-0.1, -0.05) is 60.7 Å². The molecule has 4 heteroatoms. The van der Waals surface area contributed by atoms with Gasteiger partial charge < -0.3 is 9.80 Å². The zero-order valence-electron chi connectivity index (χ0n) is 16.9. The van der Waals surface area contributed by atoms with E-state index in [-0.39, 0.29) is 11.8 Å². The van der Waals surface area contributed by atoms with Crippen LogP contribution in [0, 0.1) is 0 Å². The molecule has 30 heavy (non-hydrogen) atoms. The van der Waals surface area contributed by atoms with Gasteiger partial charge in [-0.05, 0) is 47.2 Å². The highest BCUT2D eigenvalue weighted by Crippen LogP contribution is 2.27. The van der Waals surface area contributed by atoms with Gasteiger partial charge in [0.25, 0.3) is 11.8 Å². The maximum Gasteiger partial charge on any atom is 0.258 e. The van der Waals surface area contributed by atoms with E-state index >= 15 is 0 Å². The van der Waals surface area contributed by atoms with Gasteiger partial charge in [0.15, 0.2) is 0 Å². The minimum absolute atomic E-state index is 0.118. The first-order chi connectivity index (χ1) is 14.6. The van der Waals surface area contributed by atoms with E-state index in [0.717, 1.165) is 22.1 Å². The van der Waals surface area contributed by atoms with Crippen molar-refractivity contribution in [1.29, 1.82) is 0 Å². The third-order valence-electron chi connectivity index (χ3n) is 5.28. The second kappa shape index (κ2) is 8.21. The largest absolute Gasteiger partial charge is 0.311 e. The molecule has 0 aliphatic carbocycles. The zero-order valence-corrected chi connectivity index (χ0v) is 16.9. The van der Waals surface area contributed by atoms with Gasteiger partial charge in [0.2, 0.25) is 0 Å². The lowest BCUT2D eigenvalue weighted by molar-refractivity contribution is 0.0984. The molecule has 0 spiro atoms. The summed E-state index contributed by atoms with van der Waals surface area (Å²) in [4.78, 5) is 29.7. The van der Waals surface area contributed by atoms with Crippen LogP contribution in [0.2, 0.25) is 0 Å². The van der Waals surface area contributed by atoms with Crippen LogP contribution in [0.3, 0.4) is 0 Å². The number of carbonyl (C=O) groups excluding carboxylic acids is 2. The summed E-state index contributed by atoms with van der Waals surface area (Å²) in [5.74, 6) is -0.236. The maximum absolute atomic E-state index is 13.2. The van der Waals surface area contributed by atoms with Gasteiger partial charge in [0.1, 0.15) is 0 Å². The van der Waals surface area contributed by atoms with E-state index in [2.05, 4.69) is 0 Å². The van der Waals surface area contributed by atoms with Crippen LogP contribution >= 0.6 is 0 Å². The predicted molar refractivity (Wildman–Crippen MR) is 122 cm³/mol. The second-order valence-electron chi connectivity index (χ2n) is 7.11. The molecule has 4 aromatic carbocycles. The number of rotatable bonds is 4. The average molecular weight is 394 g/mol. The van der Waals surface area contributed by atoms with Crippen LogP contribution in [0.5, 0.6) is 0 Å². The Labute approximate surface area is 176 Å². The Hall–Kier alpha value is -3.92. The van der Waals surface area contributed by atoms with E-state index in [4.69, 9.17) is 0 Å². The van der Waals surface area contributed by atoms with Crippen LogP contribution in [0.1, 0.15) is 20.7 Å². The number of nitrogens with zero attached hydrogens (tertiary/aromatic N) is 2. The van der Waals surface area contributed by atoms with Crippen molar-refractivity contribution in [2.75, 3.05) is 23.9 Å². The van der Waals surface area contributed by atoms with Gasteiger partial charge in [-0.25, -0.2) is 0 Å². The molecule has 4 rings (SSSR count). The van der Waals surface area contributed by atoms with Crippen molar-refractivity contribution in [3.63, 3.8) is 0 Å². The Kier molecular flexibility index (Phi) is 5.31. The normalized spacial score (nSPS) is 10.6. The molecule has 0 aromatic heterocycles. The molecule has 0 unspecified atom stereocenters. The lowest BCUT2D eigenvalue weighted by Crippen LogP contribution is -2.28. The minimum atomic E-state index is -0.118. The first-order valence-electron chi connectivity index (χ1n) is 9.76. The lowest BCUT2D eigenvalue weighted by atomic mass is 9.97. The Balaban J connectivity index is 1.75. The molecule has 0 aliphatic heterocycles. The molecular formula is C26H22N2O2. The van der Waals surface area contributed by atoms with Crippen molar-refractivity contribution < 1.29 is 9.59 Å². The van der Waals surface area contributed by atoms with Gasteiger partial charge in [-0.15, -0.1) is 0 Å². The minimum Gasteiger partial charge on any atom is -0.311 e. The van der Waals surface area contributed by atoms with E-state index in [1.165, 1.54) is 0 Å². The van der Waals surface area contributed by atoms with Crippen LogP contribution in [-0.2, 0) is 0 Å². The average Bonchev–Trinajstić information content (AvgIpc) is 2.82. The standard InChI is InChI=1S/C26H22N2O2/c1-27(19-11-5-3-6-12-19)25(29)23-17-18-24(22-16-10-9-15-21(22)23)26(30)28(2)20-13-7-4-8-14-20/h3-18H,1-2H3. The molecule has 0 bridgehead atoms. The molecule has 0 heterocycles. The van der Waals surface area contributed by atoms with Crippen LogP contribution in [0.25, 0.3) is 10.8 Å².